The van der Waals surface area contributed by atoms with E-state index in [2.05, 4.69) is 73.7 Å². The molecule has 0 radical (unpaired) electrons. The van der Waals surface area contributed by atoms with Crippen LogP contribution < -0.4 is 6.15 Å². The molecule has 3 aromatic rings. The highest BCUT2D eigenvalue weighted by atomic mass is 14.1. The molecule has 0 aliphatic carbocycles. The first-order chi connectivity index (χ1) is 8.34. The first-order valence-electron chi connectivity index (χ1n) is 5.89. The number of rotatable bonds is 1. The molecule has 3 N–H and O–H groups in total. The summed E-state index contributed by atoms with van der Waals surface area (Å²) in [5.41, 5.74) is 3.90. The van der Waals surface area contributed by atoms with Crippen LogP contribution in [0.15, 0.2) is 66.7 Å². The van der Waals surface area contributed by atoms with Gasteiger partial charge in [0.25, 0.3) is 0 Å². The molecule has 0 amide bonds. The molecule has 0 fully saturated rings. The van der Waals surface area contributed by atoms with E-state index in [9.17, 15) is 0 Å². The van der Waals surface area contributed by atoms with Crippen molar-refractivity contribution in [2.24, 2.45) is 0 Å². The highest BCUT2D eigenvalue weighted by molar-refractivity contribution is 5.96. The molecule has 0 heterocycles. The largest absolute Gasteiger partial charge is 0.344 e. The Balaban J connectivity index is 0.00000120. The van der Waals surface area contributed by atoms with Gasteiger partial charge >= 0.3 is 0 Å². The summed E-state index contributed by atoms with van der Waals surface area (Å²) in [6.07, 6.45) is 0. The van der Waals surface area contributed by atoms with Crippen molar-refractivity contribution in [3.8, 4) is 11.1 Å². The van der Waals surface area contributed by atoms with Crippen LogP contribution in [-0.4, -0.2) is 0 Å². The van der Waals surface area contributed by atoms with Gasteiger partial charge in [-0.3, -0.25) is 0 Å². The van der Waals surface area contributed by atoms with Crippen molar-refractivity contribution in [2.75, 3.05) is 0 Å². The summed E-state index contributed by atoms with van der Waals surface area (Å²) in [7, 11) is 0. The van der Waals surface area contributed by atoms with Crippen molar-refractivity contribution in [3.63, 3.8) is 0 Å². The SMILES string of the molecule is Cc1ccc2c(-c3ccccc3)cccc2c1.N. The van der Waals surface area contributed by atoms with Crippen molar-refractivity contribution >= 4 is 10.8 Å². The molecule has 3 aromatic carbocycles. The molecule has 0 aromatic heterocycles. The van der Waals surface area contributed by atoms with Crippen molar-refractivity contribution in [1.29, 1.82) is 0 Å². The van der Waals surface area contributed by atoms with Gasteiger partial charge in [0, 0.05) is 0 Å². The lowest BCUT2D eigenvalue weighted by Gasteiger charge is -2.07. The Morgan fingerprint density at radius 1 is 0.722 bits per heavy atom. The Morgan fingerprint density at radius 3 is 2.28 bits per heavy atom. The Kier molecular flexibility index (Phi) is 3.45. The van der Waals surface area contributed by atoms with E-state index in [1.807, 2.05) is 0 Å². The molecule has 0 atom stereocenters. The van der Waals surface area contributed by atoms with E-state index < -0.39 is 0 Å². The van der Waals surface area contributed by atoms with Crippen LogP contribution in [0.4, 0.5) is 0 Å². The van der Waals surface area contributed by atoms with E-state index >= 15 is 0 Å². The predicted octanol–water partition coefficient (Wildman–Crippen LogP) is 4.98. The summed E-state index contributed by atoms with van der Waals surface area (Å²) in [5.74, 6) is 0. The van der Waals surface area contributed by atoms with Gasteiger partial charge in [0.15, 0.2) is 0 Å². The van der Waals surface area contributed by atoms with E-state index in [-0.39, 0.29) is 6.15 Å². The number of fused-ring (bicyclic) bond motifs is 1. The molecular formula is C17H17N. The zero-order valence-electron chi connectivity index (χ0n) is 10.6. The number of aryl methyl sites for hydroxylation is 1. The van der Waals surface area contributed by atoms with Gasteiger partial charge in [-0.05, 0) is 28.8 Å². The summed E-state index contributed by atoms with van der Waals surface area (Å²) in [6.45, 7) is 2.13. The molecule has 0 saturated carbocycles. The smallest absolute Gasteiger partial charge is 0.0105 e. The van der Waals surface area contributed by atoms with Gasteiger partial charge in [-0.1, -0.05) is 72.3 Å². The van der Waals surface area contributed by atoms with E-state index in [0.29, 0.717) is 0 Å². The molecule has 0 spiro atoms. The number of hydrogen-bond donors (Lipinski definition) is 1. The van der Waals surface area contributed by atoms with E-state index in [1.165, 1.54) is 27.5 Å². The zero-order valence-corrected chi connectivity index (χ0v) is 10.6. The second kappa shape index (κ2) is 5.03. The lowest BCUT2D eigenvalue weighted by molar-refractivity contribution is 1.50. The second-order valence-corrected chi connectivity index (χ2v) is 4.40. The maximum atomic E-state index is 2.24. The monoisotopic (exact) mass is 235 g/mol. The molecule has 0 saturated heterocycles. The van der Waals surface area contributed by atoms with Gasteiger partial charge in [0.1, 0.15) is 0 Å². The molecule has 1 nitrogen and oxygen atoms in total. The quantitative estimate of drug-likeness (QED) is 0.634. The molecule has 90 valence electrons. The summed E-state index contributed by atoms with van der Waals surface area (Å²) >= 11 is 0. The minimum absolute atomic E-state index is 0. The minimum atomic E-state index is 0. The van der Waals surface area contributed by atoms with Gasteiger partial charge in [-0.25, -0.2) is 0 Å². The molecule has 0 aliphatic rings. The molecule has 1 heteroatoms. The number of hydrogen-bond acceptors (Lipinski definition) is 1. The average Bonchev–Trinajstić information content (AvgIpc) is 2.39. The Hall–Kier alpha value is -2.12. The standard InChI is InChI=1S/C17H14.H3N/c1-13-10-11-17-15(12-13)8-5-9-16(17)14-6-3-2-4-7-14;/h2-12H,1H3;1H3. The lowest BCUT2D eigenvalue weighted by atomic mass is 9.97. The van der Waals surface area contributed by atoms with Crippen LogP contribution in [0.2, 0.25) is 0 Å². The van der Waals surface area contributed by atoms with Gasteiger partial charge in [-0.15, -0.1) is 0 Å². The predicted molar refractivity (Wildman–Crippen MR) is 79.1 cm³/mol. The Labute approximate surface area is 108 Å². The van der Waals surface area contributed by atoms with Crippen LogP contribution in [0.25, 0.3) is 21.9 Å². The molecule has 0 bridgehead atoms. The number of benzene rings is 3. The zero-order chi connectivity index (χ0) is 11.7. The third-order valence-corrected chi connectivity index (χ3v) is 3.12. The fraction of sp³-hybridized carbons (Fsp3) is 0.0588. The Morgan fingerprint density at radius 2 is 1.50 bits per heavy atom. The van der Waals surface area contributed by atoms with Gasteiger partial charge in [0.2, 0.25) is 0 Å². The maximum Gasteiger partial charge on any atom is -0.0105 e. The van der Waals surface area contributed by atoms with Crippen LogP contribution in [0.1, 0.15) is 5.56 Å². The summed E-state index contributed by atoms with van der Waals surface area (Å²) in [4.78, 5) is 0. The maximum absolute atomic E-state index is 2.24. The topological polar surface area (TPSA) is 35.0 Å². The Bertz CT molecular complexity index is 657. The second-order valence-electron chi connectivity index (χ2n) is 4.40. The summed E-state index contributed by atoms with van der Waals surface area (Å²) in [6, 6.07) is 23.7. The van der Waals surface area contributed by atoms with E-state index in [0.717, 1.165) is 0 Å². The summed E-state index contributed by atoms with van der Waals surface area (Å²) in [5, 5.41) is 2.63. The minimum Gasteiger partial charge on any atom is -0.344 e. The molecule has 0 unspecified atom stereocenters. The van der Waals surface area contributed by atoms with E-state index in [4.69, 9.17) is 0 Å². The normalized spacial score (nSPS) is 10.1. The first-order valence-corrected chi connectivity index (χ1v) is 5.89. The third kappa shape index (κ3) is 2.13. The van der Waals surface area contributed by atoms with Gasteiger partial charge in [0.05, 0.1) is 0 Å². The van der Waals surface area contributed by atoms with Crippen LogP contribution in [0.5, 0.6) is 0 Å². The summed E-state index contributed by atoms with van der Waals surface area (Å²) < 4.78 is 0. The van der Waals surface area contributed by atoms with Crippen LogP contribution in [0, 0.1) is 6.92 Å². The van der Waals surface area contributed by atoms with Crippen molar-refractivity contribution in [3.05, 3.63) is 72.3 Å². The van der Waals surface area contributed by atoms with Crippen molar-refractivity contribution in [1.82, 2.24) is 6.15 Å². The molecule has 3 rings (SSSR count). The highest BCUT2D eigenvalue weighted by Crippen LogP contribution is 2.28. The van der Waals surface area contributed by atoms with Gasteiger partial charge < -0.3 is 6.15 Å². The van der Waals surface area contributed by atoms with Crippen molar-refractivity contribution in [2.45, 2.75) is 6.92 Å². The molecule has 0 aliphatic heterocycles. The van der Waals surface area contributed by atoms with E-state index in [1.54, 1.807) is 0 Å². The lowest BCUT2D eigenvalue weighted by Crippen LogP contribution is -1.81. The van der Waals surface area contributed by atoms with Crippen LogP contribution >= 0.6 is 0 Å². The molecular weight excluding hydrogens is 218 g/mol. The van der Waals surface area contributed by atoms with Gasteiger partial charge in [-0.2, -0.15) is 0 Å². The highest BCUT2D eigenvalue weighted by Gasteiger charge is 2.02. The van der Waals surface area contributed by atoms with Crippen LogP contribution in [0.3, 0.4) is 0 Å². The average molecular weight is 235 g/mol. The van der Waals surface area contributed by atoms with Crippen LogP contribution in [-0.2, 0) is 0 Å². The first kappa shape index (κ1) is 12.3. The molecule has 18 heavy (non-hydrogen) atoms. The fourth-order valence-corrected chi connectivity index (χ4v) is 2.27. The van der Waals surface area contributed by atoms with Crippen molar-refractivity contribution < 1.29 is 0 Å². The fourth-order valence-electron chi connectivity index (χ4n) is 2.27. The third-order valence-electron chi connectivity index (χ3n) is 3.12.